The first kappa shape index (κ1) is 51.6. The molecule has 0 aliphatic carbocycles. The molecule has 4 amide bonds. The number of nitrogens with zero attached hydrogens (tertiary/aromatic N) is 5. The van der Waals surface area contributed by atoms with Gasteiger partial charge in [-0.05, 0) is 120 Å². The smallest absolute Gasteiger partial charge is 0.414 e. The lowest BCUT2D eigenvalue weighted by molar-refractivity contribution is -0.120. The van der Waals surface area contributed by atoms with Crippen molar-refractivity contribution in [2.75, 3.05) is 73.0 Å². The molecule has 4 aromatic carbocycles. The summed E-state index contributed by atoms with van der Waals surface area (Å²) < 4.78 is 65.3. The van der Waals surface area contributed by atoms with E-state index in [2.05, 4.69) is 0 Å². The topological polar surface area (TPSA) is 103 Å². The average molecular weight is 1010 g/mol. The van der Waals surface area contributed by atoms with Gasteiger partial charge < -0.3 is 24.2 Å². The van der Waals surface area contributed by atoms with Crippen molar-refractivity contribution in [2.24, 2.45) is 11.8 Å². The van der Waals surface area contributed by atoms with E-state index in [0.717, 1.165) is 12.1 Å². The molecule has 0 radical (unpaired) electrons. The van der Waals surface area contributed by atoms with E-state index in [1.165, 1.54) is 43.9 Å². The van der Waals surface area contributed by atoms with Gasteiger partial charge in [0.25, 0.3) is 0 Å². The molecule has 0 saturated carbocycles. The van der Waals surface area contributed by atoms with Crippen LogP contribution >= 0.6 is 46.4 Å². The van der Waals surface area contributed by atoms with Gasteiger partial charge in [-0.15, -0.1) is 0 Å². The number of anilines is 4. The molecule has 3 aliphatic heterocycles. The summed E-state index contributed by atoms with van der Waals surface area (Å²) in [5, 5.41) is 0.893. The van der Waals surface area contributed by atoms with Crippen LogP contribution in [0.15, 0.2) is 60.7 Å². The number of benzene rings is 4. The van der Waals surface area contributed by atoms with Crippen molar-refractivity contribution < 1.29 is 46.2 Å². The molecule has 0 bridgehead atoms. The van der Waals surface area contributed by atoms with E-state index >= 15 is 0 Å². The molecule has 3 aliphatic rings. The Morgan fingerprint density at radius 3 is 1.57 bits per heavy atom. The van der Waals surface area contributed by atoms with Crippen molar-refractivity contribution in [3.63, 3.8) is 0 Å². The van der Waals surface area contributed by atoms with E-state index in [1.807, 2.05) is 19.0 Å². The number of piperidine rings is 2. The number of halogens is 8. The lowest BCUT2D eigenvalue weighted by atomic mass is 9.90. The summed E-state index contributed by atoms with van der Waals surface area (Å²) >= 11 is 26.2. The number of likely N-dealkylation sites (N-methyl/N-ethyl adjacent to an activating group) is 1. The predicted molar refractivity (Wildman–Crippen MR) is 254 cm³/mol. The number of rotatable bonds is 11. The highest BCUT2D eigenvalue weighted by atomic mass is 35.5. The zero-order valence-corrected chi connectivity index (χ0v) is 40.6. The van der Waals surface area contributed by atoms with Crippen LogP contribution in [0.25, 0.3) is 0 Å². The maximum Gasteiger partial charge on any atom is 0.414 e. The molecule has 0 spiro atoms. The van der Waals surface area contributed by atoms with Gasteiger partial charge in [0.15, 0.2) is 0 Å². The average Bonchev–Trinajstić information content (AvgIpc) is 3.67. The Balaban J connectivity index is 0.000000225. The molecule has 19 heteroatoms. The molecule has 3 saturated heterocycles. The van der Waals surface area contributed by atoms with E-state index in [-0.39, 0.29) is 69.7 Å². The zero-order chi connectivity index (χ0) is 48.9. The summed E-state index contributed by atoms with van der Waals surface area (Å²) in [7, 11) is 3.79. The van der Waals surface area contributed by atoms with Crippen LogP contribution in [0.2, 0.25) is 20.1 Å². The van der Waals surface area contributed by atoms with Crippen LogP contribution in [0.3, 0.4) is 0 Å². The van der Waals surface area contributed by atoms with Crippen molar-refractivity contribution in [3.05, 3.63) is 115 Å². The summed E-state index contributed by atoms with van der Waals surface area (Å²) in [5.74, 6) is -2.86. The van der Waals surface area contributed by atoms with Crippen LogP contribution in [-0.2, 0) is 31.9 Å². The minimum absolute atomic E-state index is 0.0389. The second kappa shape index (κ2) is 22.1. The molecule has 3 fully saturated rings. The number of cyclic esters (lactones) is 1. The molecule has 360 valence electrons. The van der Waals surface area contributed by atoms with Crippen molar-refractivity contribution in [1.82, 2.24) is 4.90 Å². The van der Waals surface area contributed by atoms with E-state index < -0.39 is 41.1 Å². The molecular formula is C48H51Cl4F4N5O6. The van der Waals surface area contributed by atoms with Gasteiger partial charge in [0.2, 0.25) is 11.8 Å². The molecule has 11 nitrogen and oxygen atoms in total. The number of hydrogen-bond donors (Lipinski definition) is 0. The molecule has 7 rings (SSSR count). The molecule has 2 atom stereocenters. The van der Waals surface area contributed by atoms with Crippen LogP contribution in [0.1, 0.15) is 57.6 Å². The number of carbonyl (C=O) groups is 4. The van der Waals surface area contributed by atoms with E-state index in [1.54, 1.807) is 45.0 Å². The normalized spacial score (nSPS) is 17.7. The second-order valence-corrected chi connectivity index (χ2v) is 19.5. The standard InChI is InChI=1S/C27H33Cl2F2N3O3.C21H18Cl2F2N2O3/c1-27(2,3)37-26(36)33(11-10-32(4)5)20-14-21(28)25(22(29)15-20)34-16-17(6-9-24(34)35)12-18-7-8-19(30)13-23(18)31;22-16-9-15(26-5-6-30-21(26)29)10-17(23)20(16)27-11-12(1-4-19(27)28)7-13-2-3-14(24)8-18(13)25/h7-8,13-15,17H,6,9-12,16H2,1-5H3;2-3,8-10,12H,1,4-7,11H2. The Hall–Kier alpha value is -4.80. The fourth-order valence-corrected chi connectivity index (χ4v) is 9.45. The third kappa shape index (κ3) is 13.3. The molecule has 0 aromatic heterocycles. The highest BCUT2D eigenvalue weighted by Gasteiger charge is 2.34. The summed E-state index contributed by atoms with van der Waals surface area (Å²) in [5.41, 5.74) is 1.75. The SMILES string of the molecule is CN(C)CCN(C(=O)OC(C)(C)C)c1cc(Cl)c(N2CC(Cc3ccc(F)cc3F)CCC2=O)c(Cl)c1.O=C1OCCN1c1cc(Cl)c(N2CC(Cc3ccc(F)cc3F)CCC2=O)c(Cl)c1. The molecule has 0 N–H and O–H groups in total. The molecule has 3 heterocycles. The summed E-state index contributed by atoms with van der Waals surface area (Å²) in [4.78, 5) is 58.1. The quantitative estimate of drug-likeness (QED) is 0.138. The van der Waals surface area contributed by atoms with Crippen LogP contribution in [-0.4, -0.2) is 87.9 Å². The zero-order valence-electron chi connectivity index (χ0n) is 37.6. The largest absolute Gasteiger partial charge is 0.447 e. The van der Waals surface area contributed by atoms with Crippen LogP contribution in [0.4, 0.5) is 49.9 Å². The van der Waals surface area contributed by atoms with E-state index in [4.69, 9.17) is 55.9 Å². The van der Waals surface area contributed by atoms with Gasteiger partial charge in [-0.1, -0.05) is 58.5 Å². The van der Waals surface area contributed by atoms with Crippen molar-refractivity contribution in [3.8, 4) is 0 Å². The maximum absolute atomic E-state index is 14.2. The van der Waals surface area contributed by atoms with Crippen molar-refractivity contribution in [2.45, 2.75) is 64.9 Å². The Morgan fingerprint density at radius 1 is 0.701 bits per heavy atom. The van der Waals surface area contributed by atoms with Gasteiger partial charge in [-0.25, -0.2) is 27.2 Å². The first-order chi connectivity index (χ1) is 31.6. The van der Waals surface area contributed by atoms with Gasteiger partial charge >= 0.3 is 12.2 Å². The number of carbonyl (C=O) groups excluding carboxylic acids is 4. The van der Waals surface area contributed by atoms with E-state index in [9.17, 15) is 36.7 Å². The number of ether oxygens (including phenoxy) is 2. The van der Waals surface area contributed by atoms with Gasteiger partial charge in [0, 0.05) is 51.2 Å². The number of hydrogen-bond acceptors (Lipinski definition) is 7. The van der Waals surface area contributed by atoms with Gasteiger partial charge in [-0.2, -0.15) is 0 Å². The van der Waals surface area contributed by atoms with Gasteiger partial charge in [-0.3, -0.25) is 19.4 Å². The Kier molecular flexibility index (Phi) is 17.0. The van der Waals surface area contributed by atoms with Crippen molar-refractivity contribution in [1.29, 1.82) is 0 Å². The van der Waals surface area contributed by atoms with E-state index in [0.29, 0.717) is 85.7 Å². The molecule has 2 unspecified atom stereocenters. The molecule has 67 heavy (non-hydrogen) atoms. The third-order valence-corrected chi connectivity index (χ3v) is 12.5. The van der Waals surface area contributed by atoms with Crippen LogP contribution in [0, 0.1) is 35.1 Å². The Morgan fingerprint density at radius 2 is 1.16 bits per heavy atom. The van der Waals surface area contributed by atoms with Crippen molar-refractivity contribution >= 4 is 93.2 Å². The van der Waals surface area contributed by atoms with Gasteiger partial charge in [0.05, 0.1) is 49.4 Å². The first-order valence-corrected chi connectivity index (χ1v) is 23.2. The third-order valence-electron chi connectivity index (χ3n) is 11.4. The summed E-state index contributed by atoms with van der Waals surface area (Å²) in [6, 6.07) is 13.4. The highest BCUT2D eigenvalue weighted by Crippen LogP contribution is 2.42. The minimum Gasteiger partial charge on any atom is -0.447 e. The van der Waals surface area contributed by atoms with Crippen LogP contribution in [0.5, 0.6) is 0 Å². The van der Waals surface area contributed by atoms with Crippen LogP contribution < -0.4 is 19.6 Å². The molecule has 4 aromatic rings. The summed E-state index contributed by atoms with van der Waals surface area (Å²) in [6.45, 7) is 7.52. The minimum atomic E-state index is -0.694. The maximum atomic E-state index is 14.2. The number of amides is 4. The lowest BCUT2D eigenvalue weighted by Crippen LogP contribution is -2.42. The lowest BCUT2D eigenvalue weighted by Gasteiger charge is -2.34. The Labute approximate surface area is 407 Å². The predicted octanol–water partition coefficient (Wildman–Crippen LogP) is 11.8. The first-order valence-electron chi connectivity index (χ1n) is 21.6. The Bertz CT molecular complexity index is 2470. The molecular weight excluding hydrogens is 960 g/mol. The summed E-state index contributed by atoms with van der Waals surface area (Å²) in [6.07, 6.45) is 1.35. The fourth-order valence-electron chi connectivity index (χ4n) is 8.09. The second-order valence-electron chi connectivity index (χ2n) is 17.9. The monoisotopic (exact) mass is 1010 g/mol. The van der Waals surface area contributed by atoms with Gasteiger partial charge in [0.1, 0.15) is 35.5 Å². The highest BCUT2D eigenvalue weighted by molar-refractivity contribution is 6.41. The fraction of sp³-hybridized carbons (Fsp3) is 0.417.